The van der Waals surface area contributed by atoms with E-state index >= 15 is 0 Å². The van der Waals surface area contributed by atoms with E-state index in [1.54, 1.807) is 0 Å². The van der Waals surface area contributed by atoms with Gasteiger partial charge in [0.2, 0.25) is 0 Å². The van der Waals surface area contributed by atoms with Crippen molar-refractivity contribution < 1.29 is 4.79 Å². The van der Waals surface area contributed by atoms with E-state index in [-0.39, 0.29) is 11.9 Å². The second-order valence-corrected chi connectivity index (χ2v) is 5.38. The molecule has 1 atom stereocenters. The van der Waals surface area contributed by atoms with Gasteiger partial charge >= 0.3 is 0 Å². The summed E-state index contributed by atoms with van der Waals surface area (Å²) in [5.41, 5.74) is 5.07. The summed E-state index contributed by atoms with van der Waals surface area (Å²) in [5, 5.41) is 0. The standard InChI is InChI=1S/C15H26N4O/c1-6-19(12(3)10-18(4)5)15(20)14-8-7-13(17-16)9-11(14)2/h7-9,12,17H,6,10,16H2,1-5H3. The average Bonchev–Trinajstić information content (AvgIpc) is 2.38. The van der Waals surface area contributed by atoms with Crippen LogP contribution in [0.3, 0.4) is 0 Å². The number of nitrogens with one attached hydrogen (secondary N) is 1. The van der Waals surface area contributed by atoms with Crippen molar-refractivity contribution in [2.45, 2.75) is 26.8 Å². The molecule has 0 fully saturated rings. The average molecular weight is 278 g/mol. The molecule has 0 spiro atoms. The number of carbonyl (C=O) groups is 1. The van der Waals surface area contributed by atoms with Crippen molar-refractivity contribution in [2.24, 2.45) is 5.84 Å². The predicted octanol–water partition coefficient (Wildman–Crippen LogP) is 1.69. The van der Waals surface area contributed by atoms with E-state index in [1.807, 2.05) is 51.0 Å². The number of aryl methyl sites for hydroxylation is 1. The predicted molar refractivity (Wildman–Crippen MR) is 83.7 cm³/mol. The number of hydrogen-bond acceptors (Lipinski definition) is 4. The lowest BCUT2D eigenvalue weighted by atomic mass is 10.1. The lowest BCUT2D eigenvalue weighted by Gasteiger charge is -2.30. The first-order valence-corrected chi connectivity index (χ1v) is 6.93. The van der Waals surface area contributed by atoms with Crippen LogP contribution >= 0.6 is 0 Å². The van der Waals surface area contributed by atoms with Gasteiger partial charge in [-0.05, 0) is 58.6 Å². The normalized spacial score (nSPS) is 12.3. The van der Waals surface area contributed by atoms with Crippen molar-refractivity contribution in [3.8, 4) is 0 Å². The van der Waals surface area contributed by atoms with Crippen molar-refractivity contribution >= 4 is 11.6 Å². The van der Waals surface area contributed by atoms with Crippen LogP contribution in [-0.2, 0) is 0 Å². The summed E-state index contributed by atoms with van der Waals surface area (Å²) in [4.78, 5) is 16.7. The van der Waals surface area contributed by atoms with E-state index in [1.165, 1.54) is 0 Å². The van der Waals surface area contributed by atoms with Gasteiger partial charge in [-0.2, -0.15) is 0 Å². The molecule has 0 saturated heterocycles. The lowest BCUT2D eigenvalue weighted by Crippen LogP contribution is -2.43. The maximum absolute atomic E-state index is 12.7. The van der Waals surface area contributed by atoms with E-state index in [0.717, 1.165) is 23.4 Å². The molecular formula is C15H26N4O. The first kappa shape index (κ1) is 16.5. The summed E-state index contributed by atoms with van der Waals surface area (Å²) in [6.45, 7) is 7.56. The van der Waals surface area contributed by atoms with Gasteiger partial charge in [-0.3, -0.25) is 10.6 Å². The Kier molecular flexibility index (Phi) is 5.98. The summed E-state index contributed by atoms with van der Waals surface area (Å²) in [6.07, 6.45) is 0. The number of nitrogens with zero attached hydrogens (tertiary/aromatic N) is 2. The van der Waals surface area contributed by atoms with Crippen LogP contribution in [0.2, 0.25) is 0 Å². The summed E-state index contributed by atoms with van der Waals surface area (Å²) in [5.74, 6) is 5.46. The van der Waals surface area contributed by atoms with Gasteiger partial charge in [0.15, 0.2) is 0 Å². The number of anilines is 1. The number of rotatable bonds is 6. The Morgan fingerprint density at radius 3 is 2.50 bits per heavy atom. The Bertz CT molecular complexity index is 459. The fourth-order valence-corrected chi connectivity index (χ4v) is 2.43. The molecule has 1 aromatic carbocycles. The Hall–Kier alpha value is -1.59. The smallest absolute Gasteiger partial charge is 0.254 e. The summed E-state index contributed by atoms with van der Waals surface area (Å²) >= 11 is 0. The minimum Gasteiger partial charge on any atom is -0.335 e. The maximum Gasteiger partial charge on any atom is 0.254 e. The quantitative estimate of drug-likeness (QED) is 0.614. The third-order valence-electron chi connectivity index (χ3n) is 3.39. The van der Waals surface area contributed by atoms with Gasteiger partial charge in [0.25, 0.3) is 5.91 Å². The van der Waals surface area contributed by atoms with Crippen molar-refractivity contribution in [3.63, 3.8) is 0 Å². The molecule has 3 N–H and O–H groups in total. The number of nitrogen functional groups attached to an aromatic ring is 1. The molecular weight excluding hydrogens is 252 g/mol. The van der Waals surface area contributed by atoms with Gasteiger partial charge in [-0.15, -0.1) is 0 Å². The highest BCUT2D eigenvalue weighted by atomic mass is 16.2. The molecule has 112 valence electrons. The van der Waals surface area contributed by atoms with E-state index in [9.17, 15) is 4.79 Å². The molecule has 20 heavy (non-hydrogen) atoms. The molecule has 0 radical (unpaired) electrons. The van der Waals surface area contributed by atoms with Crippen LogP contribution in [0.1, 0.15) is 29.8 Å². The van der Waals surface area contributed by atoms with Gasteiger partial charge in [0, 0.05) is 30.4 Å². The van der Waals surface area contributed by atoms with Crippen LogP contribution in [0.25, 0.3) is 0 Å². The number of benzene rings is 1. The molecule has 5 nitrogen and oxygen atoms in total. The Morgan fingerprint density at radius 2 is 2.05 bits per heavy atom. The zero-order valence-corrected chi connectivity index (χ0v) is 13.1. The molecule has 1 aromatic rings. The third-order valence-corrected chi connectivity index (χ3v) is 3.39. The number of nitrogens with two attached hydrogens (primary N) is 1. The molecule has 0 aliphatic rings. The van der Waals surface area contributed by atoms with Crippen LogP contribution in [0.5, 0.6) is 0 Å². The van der Waals surface area contributed by atoms with Crippen molar-refractivity contribution in [1.29, 1.82) is 0 Å². The van der Waals surface area contributed by atoms with E-state index in [4.69, 9.17) is 5.84 Å². The molecule has 0 heterocycles. The minimum absolute atomic E-state index is 0.0721. The SMILES string of the molecule is CCN(C(=O)c1ccc(NN)cc1C)C(C)CN(C)C. The summed E-state index contributed by atoms with van der Waals surface area (Å²) < 4.78 is 0. The number of hydrazine groups is 1. The number of carbonyl (C=O) groups excluding carboxylic acids is 1. The highest BCUT2D eigenvalue weighted by Crippen LogP contribution is 2.17. The van der Waals surface area contributed by atoms with E-state index < -0.39 is 0 Å². The van der Waals surface area contributed by atoms with Gasteiger partial charge in [0.1, 0.15) is 0 Å². The second-order valence-electron chi connectivity index (χ2n) is 5.38. The Labute approximate surface area is 121 Å². The van der Waals surface area contributed by atoms with Gasteiger partial charge < -0.3 is 15.2 Å². The molecule has 0 bridgehead atoms. The Balaban J connectivity index is 2.96. The third kappa shape index (κ3) is 3.95. The fraction of sp³-hybridized carbons (Fsp3) is 0.533. The summed E-state index contributed by atoms with van der Waals surface area (Å²) in [7, 11) is 4.03. The van der Waals surface area contributed by atoms with Crippen molar-refractivity contribution in [1.82, 2.24) is 9.80 Å². The zero-order valence-electron chi connectivity index (χ0n) is 13.1. The molecule has 5 heteroatoms. The van der Waals surface area contributed by atoms with Gasteiger partial charge in [-0.1, -0.05) is 0 Å². The van der Waals surface area contributed by atoms with E-state index in [0.29, 0.717) is 6.54 Å². The van der Waals surface area contributed by atoms with Crippen molar-refractivity contribution in [2.75, 3.05) is 32.6 Å². The molecule has 0 aliphatic carbocycles. The summed E-state index contributed by atoms with van der Waals surface area (Å²) in [6, 6.07) is 5.72. The molecule has 0 saturated carbocycles. The van der Waals surface area contributed by atoms with Gasteiger partial charge in [-0.25, -0.2) is 0 Å². The van der Waals surface area contributed by atoms with Crippen LogP contribution < -0.4 is 11.3 Å². The molecule has 0 aliphatic heterocycles. The topological polar surface area (TPSA) is 61.6 Å². The second kappa shape index (κ2) is 7.26. The fourth-order valence-electron chi connectivity index (χ4n) is 2.43. The highest BCUT2D eigenvalue weighted by Gasteiger charge is 2.21. The van der Waals surface area contributed by atoms with Gasteiger partial charge in [0.05, 0.1) is 0 Å². The molecule has 1 amide bonds. The Morgan fingerprint density at radius 1 is 1.40 bits per heavy atom. The van der Waals surface area contributed by atoms with Crippen LogP contribution in [0.4, 0.5) is 5.69 Å². The van der Waals surface area contributed by atoms with Crippen LogP contribution in [0.15, 0.2) is 18.2 Å². The van der Waals surface area contributed by atoms with Crippen molar-refractivity contribution in [3.05, 3.63) is 29.3 Å². The molecule has 1 rings (SSSR count). The van der Waals surface area contributed by atoms with Crippen LogP contribution in [-0.4, -0.2) is 48.9 Å². The number of hydrogen-bond donors (Lipinski definition) is 2. The first-order chi connectivity index (χ1) is 9.40. The van der Waals surface area contributed by atoms with E-state index in [2.05, 4.69) is 17.2 Å². The zero-order chi connectivity index (χ0) is 15.3. The minimum atomic E-state index is 0.0721. The molecule has 0 aromatic heterocycles. The monoisotopic (exact) mass is 278 g/mol. The first-order valence-electron chi connectivity index (χ1n) is 6.93. The maximum atomic E-state index is 12.7. The largest absolute Gasteiger partial charge is 0.335 e. The lowest BCUT2D eigenvalue weighted by molar-refractivity contribution is 0.0678. The number of likely N-dealkylation sites (N-methyl/N-ethyl adjacent to an activating group) is 2. The van der Waals surface area contributed by atoms with Crippen LogP contribution in [0, 0.1) is 6.92 Å². The molecule has 1 unspecified atom stereocenters. The number of amides is 1. The highest BCUT2D eigenvalue weighted by molar-refractivity contribution is 5.96.